The molecule has 0 atom stereocenters. The summed E-state index contributed by atoms with van der Waals surface area (Å²) in [7, 11) is 0. The van der Waals surface area contributed by atoms with Gasteiger partial charge in [0.2, 0.25) is 0 Å². The van der Waals surface area contributed by atoms with Gasteiger partial charge in [0.05, 0.1) is 6.61 Å². The number of unbranched alkanes of at least 4 members (excludes halogenated alkanes) is 3. The van der Waals surface area contributed by atoms with Crippen molar-refractivity contribution in [3.8, 4) is 0 Å². The average Bonchev–Trinajstić information content (AvgIpc) is 2.34. The molecule has 1 rings (SSSR count). The maximum atomic E-state index is 8.95. The molecule has 0 spiro atoms. The van der Waals surface area contributed by atoms with E-state index < -0.39 is 0 Å². The van der Waals surface area contributed by atoms with Crippen molar-refractivity contribution in [1.29, 1.82) is 0 Å². The van der Waals surface area contributed by atoms with Gasteiger partial charge in [-0.2, -0.15) is 0 Å². The summed E-state index contributed by atoms with van der Waals surface area (Å²) in [4.78, 5) is 0. The highest BCUT2D eigenvalue weighted by molar-refractivity contribution is 5.21. The number of benzene rings is 1. The van der Waals surface area contributed by atoms with E-state index in [-0.39, 0.29) is 6.61 Å². The summed E-state index contributed by atoms with van der Waals surface area (Å²) < 4.78 is 0. The van der Waals surface area contributed by atoms with Crippen LogP contribution in [0.25, 0.3) is 0 Å². The van der Waals surface area contributed by atoms with Gasteiger partial charge >= 0.3 is 0 Å². The topological polar surface area (TPSA) is 20.2 Å². The van der Waals surface area contributed by atoms with Crippen molar-refractivity contribution in [2.45, 2.75) is 59.0 Å². The summed E-state index contributed by atoms with van der Waals surface area (Å²) in [6, 6.07) is 8.32. The summed E-state index contributed by atoms with van der Waals surface area (Å²) in [5, 5.41) is 8.95. The fourth-order valence-corrected chi connectivity index (χ4v) is 2.05. The van der Waals surface area contributed by atoms with Crippen molar-refractivity contribution in [2.75, 3.05) is 0 Å². The largest absolute Gasteiger partial charge is 0.392 e. The fraction of sp³-hybridized carbons (Fsp3) is 0.625. The van der Waals surface area contributed by atoms with Gasteiger partial charge in [-0.15, -0.1) is 0 Å². The number of aliphatic hydroxyl groups is 1. The summed E-state index contributed by atoms with van der Waals surface area (Å²) in [6.45, 7) is 4.74. The van der Waals surface area contributed by atoms with Crippen molar-refractivity contribution in [3.63, 3.8) is 0 Å². The Hall–Kier alpha value is -0.820. The van der Waals surface area contributed by atoms with E-state index in [2.05, 4.69) is 26.0 Å². The zero-order chi connectivity index (χ0) is 12.5. The second kappa shape index (κ2) is 8.30. The van der Waals surface area contributed by atoms with E-state index in [1.165, 1.54) is 44.1 Å². The minimum atomic E-state index is 0.148. The van der Waals surface area contributed by atoms with Gasteiger partial charge in [-0.25, -0.2) is 0 Å². The van der Waals surface area contributed by atoms with Gasteiger partial charge in [-0.3, -0.25) is 0 Å². The third kappa shape index (κ3) is 6.48. The van der Waals surface area contributed by atoms with Gasteiger partial charge in [0.25, 0.3) is 0 Å². The molecule has 0 aliphatic rings. The first kappa shape index (κ1) is 14.2. The number of aryl methyl sites for hydroxylation is 1. The number of hydrogen-bond acceptors (Lipinski definition) is 1. The van der Waals surface area contributed by atoms with Crippen LogP contribution < -0.4 is 0 Å². The molecule has 0 unspecified atom stereocenters. The van der Waals surface area contributed by atoms with E-state index in [9.17, 15) is 0 Å². The van der Waals surface area contributed by atoms with Crippen LogP contribution >= 0.6 is 0 Å². The van der Waals surface area contributed by atoms with E-state index >= 15 is 0 Å². The van der Waals surface area contributed by atoms with Crippen molar-refractivity contribution in [1.82, 2.24) is 0 Å². The van der Waals surface area contributed by atoms with E-state index in [1.807, 2.05) is 12.1 Å². The average molecular weight is 234 g/mol. The first-order valence-electron chi connectivity index (χ1n) is 6.91. The molecule has 0 radical (unpaired) electrons. The highest BCUT2D eigenvalue weighted by Gasteiger charge is 1.96. The van der Waals surface area contributed by atoms with Crippen LogP contribution in [-0.4, -0.2) is 5.11 Å². The molecular formula is C16H26O. The normalized spacial score (nSPS) is 11.1. The van der Waals surface area contributed by atoms with Crippen molar-refractivity contribution >= 4 is 0 Å². The third-order valence-corrected chi connectivity index (χ3v) is 3.20. The van der Waals surface area contributed by atoms with Crippen LogP contribution in [0.1, 0.15) is 57.1 Å². The molecule has 0 amide bonds. The number of hydrogen-bond donors (Lipinski definition) is 1. The molecule has 0 heterocycles. The van der Waals surface area contributed by atoms with Crippen LogP contribution in [0.15, 0.2) is 24.3 Å². The molecule has 96 valence electrons. The second-order valence-electron chi connectivity index (χ2n) is 5.32. The molecular weight excluding hydrogens is 208 g/mol. The van der Waals surface area contributed by atoms with Crippen LogP contribution in [0.2, 0.25) is 0 Å². The smallest absolute Gasteiger partial charge is 0.0681 e. The first-order valence-corrected chi connectivity index (χ1v) is 6.91. The highest BCUT2D eigenvalue weighted by atomic mass is 16.3. The molecule has 0 aromatic heterocycles. The van der Waals surface area contributed by atoms with Crippen LogP contribution in [0.3, 0.4) is 0 Å². The summed E-state index contributed by atoms with van der Waals surface area (Å²) >= 11 is 0. The van der Waals surface area contributed by atoms with Gasteiger partial charge < -0.3 is 5.11 Å². The van der Waals surface area contributed by atoms with E-state index in [0.29, 0.717) is 0 Å². The molecule has 0 aliphatic carbocycles. The zero-order valence-corrected chi connectivity index (χ0v) is 11.3. The predicted molar refractivity (Wildman–Crippen MR) is 74.0 cm³/mol. The Morgan fingerprint density at radius 2 is 1.47 bits per heavy atom. The molecule has 1 aromatic carbocycles. The molecule has 0 fully saturated rings. The van der Waals surface area contributed by atoms with Gasteiger partial charge in [0.1, 0.15) is 0 Å². The van der Waals surface area contributed by atoms with Crippen LogP contribution in [0.4, 0.5) is 0 Å². The molecule has 17 heavy (non-hydrogen) atoms. The molecule has 1 heteroatoms. The van der Waals surface area contributed by atoms with E-state index in [1.54, 1.807) is 0 Å². The lowest BCUT2D eigenvalue weighted by Gasteiger charge is -2.05. The van der Waals surface area contributed by atoms with E-state index in [0.717, 1.165) is 11.5 Å². The molecule has 0 saturated heterocycles. The maximum absolute atomic E-state index is 8.95. The van der Waals surface area contributed by atoms with Gasteiger partial charge in [0.15, 0.2) is 0 Å². The third-order valence-electron chi connectivity index (χ3n) is 3.20. The molecule has 0 saturated carbocycles. The Bertz CT molecular complexity index is 287. The second-order valence-corrected chi connectivity index (χ2v) is 5.32. The lowest BCUT2D eigenvalue weighted by Crippen LogP contribution is -1.90. The quantitative estimate of drug-likeness (QED) is 0.664. The highest BCUT2D eigenvalue weighted by Crippen LogP contribution is 2.12. The van der Waals surface area contributed by atoms with Crippen LogP contribution in [0.5, 0.6) is 0 Å². The van der Waals surface area contributed by atoms with Crippen molar-refractivity contribution in [2.24, 2.45) is 5.92 Å². The zero-order valence-electron chi connectivity index (χ0n) is 11.3. The van der Waals surface area contributed by atoms with Crippen molar-refractivity contribution in [3.05, 3.63) is 35.4 Å². The predicted octanol–water partition coefficient (Wildman–Crippen LogP) is 4.33. The molecule has 1 N–H and O–H groups in total. The molecule has 0 aliphatic heterocycles. The maximum Gasteiger partial charge on any atom is 0.0681 e. The lowest BCUT2D eigenvalue weighted by atomic mass is 10.0. The van der Waals surface area contributed by atoms with Gasteiger partial charge in [-0.1, -0.05) is 63.8 Å². The van der Waals surface area contributed by atoms with E-state index in [4.69, 9.17) is 5.11 Å². The summed E-state index contributed by atoms with van der Waals surface area (Å²) in [6.07, 6.45) is 7.91. The summed E-state index contributed by atoms with van der Waals surface area (Å²) in [5.74, 6) is 0.848. The Labute approximate surface area is 106 Å². The Kier molecular flexibility index (Phi) is 6.95. The monoisotopic (exact) mass is 234 g/mol. The number of rotatable bonds is 8. The SMILES string of the molecule is CC(C)CCCCCCc1ccc(CO)cc1. The lowest BCUT2D eigenvalue weighted by molar-refractivity contribution is 0.282. The fourth-order valence-electron chi connectivity index (χ4n) is 2.05. The van der Waals surface area contributed by atoms with Gasteiger partial charge in [-0.05, 0) is 29.9 Å². The molecule has 0 bridgehead atoms. The summed E-state index contributed by atoms with van der Waals surface area (Å²) in [5.41, 5.74) is 2.40. The molecule has 1 aromatic rings. The Balaban J connectivity index is 2.09. The minimum Gasteiger partial charge on any atom is -0.392 e. The standard InChI is InChI=1S/C16H26O/c1-14(2)7-5-3-4-6-8-15-9-11-16(13-17)12-10-15/h9-12,14,17H,3-8,13H2,1-2H3. The van der Waals surface area contributed by atoms with Crippen LogP contribution in [-0.2, 0) is 13.0 Å². The minimum absolute atomic E-state index is 0.148. The van der Waals surface area contributed by atoms with Gasteiger partial charge in [0, 0.05) is 0 Å². The Morgan fingerprint density at radius 1 is 0.882 bits per heavy atom. The van der Waals surface area contributed by atoms with Crippen LogP contribution in [0, 0.1) is 5.92 Å². The first-order chi connectivity index (χ1) is 8.22. The number of aliphatic hydroxyl groups excluding tert-OH is 1. The Morgan fingerprint density at radius 3 is 2.06 bits per heavy atom. The van der Waals surface area contributed by atoms with Crippen molar-refractivity contribution < 1.29 is 5.11 Å². The molecule has 1 nitrogen and oxygen atoms in total.